The Morgan fingerprint density at radius 3 is 2.31 bits per heavy atom. The van der Waals surface area contributed by atoms with E-state index in [0.29, 0.717) is 11.8 Å². The van der Waals surface area contributed by atoms with Crippen molar-refractivity contribution >= 4 is 23.2 Å². The molecule has 2 nitrogen and oxygen atoms in total. The first-order valence-corrected chi connectivity index (χ1v) is 6.34. The van der Waals surface area contributed by atoms with Crippen molar-refractivity contribution in [3.63, 3.8) is 0 Å². The summed E-state index contributed by atoms with van der Waals surface area (Å²) in [5.74, 6) is 0.183. The predicted octanol–water partition coefficient (Wildman–Crippen LogP) is 3.21. The summed E-state index contributed by atoms with van der Waals surface area (Å²) >= 11 is 1.85. The van der Waals surface area contributed by atoms with Gasteiger partial charge in [-0.05, 0) is 31.2 Å². The Morgan fingerprint density at radius 1 is 1.31 bits per heavy atom. The molecule has 0 fully saturated rings. The van der Waals surface area contributed by atoms with Gasteiger partial charge in [-0.15, -0.1) is 11.8 Å². The number of Topliss-reactive ketones (excluding diaryl/α,β-unsaturated/α-hetero) is 1. The molecule has 0 aliphatic rings. The predicted molar refractivity (Wildman–Crippen MR) is 71.4 cm³/mol. The SMILES string of the molecule is CC(=O)CN(C)c1ccc(SC(C)C)cc1. The second kappa shape index (κ2) is 5.94. The summed E-state index contributed by atoms with van der Waals surface area (Å²) in [6.45, 7) is 6.44. The van der Waals surface area contributed by atoms with Crippen molar-refractivity contribution in [3.05, 3.63) is 24.3 Å². The first-order chi connectivity index (χ1) is 7.49. The Bertz CT molecular complexity index is 345. The molecule has 0 aliphatic heterocycles. The van der Waals surface area contributed by atoms with Crippen LogP contribution in [0.1, 0.15) is 20.8 Å². The van der Waals surface area contributed by atoms with E-state index in [9.17, 15) is 4.79 Å². The second-order valence-corrected chi connectivity index (χ2v) is 5.87. The Kier molecular flexibility index (Phi) is 4.87. The van der Waals surface area contributed by atoms with Gasteiger partial charge < -0.3 is 4.90 Å². The van der Waals surface area contributed by atoms with Gasteiger partial charge in [0.15, 0.2) is 0 Å². The van der Waals surface area contributed by atoms with E-state index in [0.717, 1.165) is 5.69 Å². The van der Waals surface area contributed by atoms with Gasteiger partial charge in [-0.1, -0.05) is 13.8 Å². The molecule has 0 aliphatic carbocycles. The zero-order chi connectivity index (χ0) is 12.1. The Labute approximate surface area is 102 Å². The fraction of sp³-hybridized carbons (Fsp3) is 0.462. The number of thioether (sulfide) groups is 1. The molecule has 88 valence electrons. The average molecular weight is 237 g/mol. The first-order valence-electron chi connectivity index (χ1n) is 5.46. The number of hydrogen-bond acceptors (Lipinski definition) is 3. The van der Waals surface area contributed by atoms with Crippen LogP contribution >= 0.6 is 11.8 Å². The quantitative estimate of drug-likeness (QED) is 0.733. The molecule has 1 aromatic carbocycles. The molecule has 0 heterocycles. The van der Waals surface area contributed by atoms with Crippen LogP contribution in [0.3, 0.4) is 0 Å². The van der Waals surface area contributed by atoms with E-state index < -0.39 is 0 Å². The molecule has 1 aromatic rings. The lowest BCUT2D eigenvalue weighted by Gasteiger charge is -2.17. The zero-order valence-corrected chi connectivity index (χ0v) is 11.2. The van der Waals surface area contributed by atoms with E-state index in [1.807, 2.05) is 23.7 Å². The van der Waals surface area contributed by atoms with Crippen LogP contribution < -0.4 is 4.90 Å². The topological polar surface area (TPSA) is 20.3 Å². The zero-order valence-electron chi connectivity index (χ0n) is 10.4. The third-order valence-corrected chi connectivity index (χ3v) is 3.12. The summed E-state index contributed by atoms with van der Waals surface area (Å²) in [7, 11) is 1.94. The van der Waals surface area contributed by atoms with Gasteiger partial charge in [0.25, 0.3) is 0 Å². The fourth-order valence-electron chi connectivity index (χ4n) is 1.48. The van der Waals surface area contributed by atoms with Gasteiger partial charge >= 0.3 is 0 Å². The number of likely N-dealkylation sites (N-methyl/N-ethyl adjacent to an activating group) is 1. The number of carbonyl (C=O) groups excluding carboxylic acids is 1. The standard InChI is InChI=1S/C13H19NOS/c1-10(2)16-13-7-5-12(6-8-13)14(4)9-11(3)15/h5-8,10H,9H2,1-4H3. The number of rotatable bonds is 5. The van der Waals surface area contributed by atoms with Crippen LogP contribution in [-0.4, -0.2) is 24.6 Å². The summed E-state index contributed by atoms with van der Waals surface area (Å²) in [4.78, 5) is 14.2. The van der Waals surface area contributed by atoms with Gasteiger partial charge in [0.1, 0.15) is 5.78 Å². The van der Waals surface area contributed by atoms with Crippen LogP contribution in [0.2, 0.25) is 0 Å². The van der Waals surface area contributed by atoms with Gasteiger partial charge in [-0.2, -0.15) is 0 Å². The number of carbonyl (C=O) groups is 1. The van der Waals surface area contributed by atoms with Crippen LogP contribution in [0.4, 0.5) is 5.69 Å². The van der Waals surface area contributed by atoms with E-state index in [4.69, 9.17) is 0 Å². The Hall–Kier alpha value is -0.960. The van der Waals surface area contributed by atoms with Crippen LogP contribution in [-0.2, 0) is 4.79 Å². The smallest absolute Gasteiger partial charge is 0.149 e. The fourth-order valence-corrected chi connectivity index (χ4v) is 2.31. The third-order valence-electron chi connectivity index (χ3n) is 2.11. The van der Waals surface area contributed by atoms with Crippen LogP contribution in [0.25, 0.3) is 0 Å². The average Bonchev–Trinajstić information content (AvgIpc) is 2.16. The summed E-state index contributed by atoms with van der Waals surface area (Å²) in [5.41, 5.74) is 1.09. The van der Waals surface area contributed by atoms with E-state index in [1.165, 1.54) is 4.90 Å². The number of anilines is 1. The lowest BCUT2D eigenvalue weighted by molar-refractivity contribution is -0.115. The molecule has 0 N–H and O–H groups in total. The minimum atomic E-state index is 0.183. The molecule has 0 bridgehead atoms. The highest BCUT2D eigenvalue weighted by Gasteiger charge is 2.04. The molecular weight excluding hydrogens is 218 g/mol. The van der Waals surface area contributed by atoms with Gasteiger partial charge in [-0.3, -0.25) is 4.79 Å². The van der Waals surface area contributed by atoms with Crippen molar-refractivity contribution in [2.24, 2.45) is 0 Å². The molecule has 3 heteroatoms. The van der Waals surface area contributed by atoms with Gasteiger partial charge in [0.05, 0.1) is 6.54 Å². The molecule has 0 saturated heterocycles. The van der Waals surface area contributed by atoms with E-state index in [2.05, 4.69) is 38.1 Å². The normalized spacial score (nSPS) is 10.6. The summed E-state index contributed by atoms with van der Waals surface area (Å²) in [6, 6.07) is 8.34. The third kappa shape index (κ3) is 4.27. The largest absolute Gasteiger partial charge is 0.367 e. The molecule has 0 atom stereocenters. The summed E-state index contributed by atoms with van der Waals surface area (Å²) < 4.78 is 0. The van der Waals surface area contributed by atoms with Crippen molar-refractivity contribution in [1.82, 2.24) is 0 Å². The number of ketones is 1. The minimum absolute atomic E-state index is 0.183. The van der Waals surface area contributed by atoms with Crippen molar-refractivity contribution in [2.75, 3.05) is 18.5 Å². The molecule has 0 spiro atoms. The van der Waals surface area contributed by atoms with Gasteiger partial charge in [0.2, 0.25) is 0 Å². The molecule has 0 saturated carbocycles. The molecule has 1 rings (SSSR count). The van der Waals surface area contributed by atoms with Crippen molar-refractivity contribution in [1.29, 1.82) is 0 Å². The highest BCUT2D eigenvalue weighted by Crippen LogP contribution is 2.25. The lowest BCUT2D eigenvalue weighted by Crippen LogP contribution is -2.23. The molecule has 0 radical (unpaired) electrons. The van der Waals surface area contributed by atoms with Crippen LogP contribution in [0.15, 0.2) is 29.2 Å². The summed E-state index contributed by atoms with van der Waals surface area (Å²) in [5, 5.41) is 0.598. The summed E-state index contributed by atoms with van der Waals surface area (Å²) in [6.07, 6.45) is 0. The number of benzene rings is 1. The maximum Gasteiger partial charge on any atom is 0.149 e. The maximum atomic E-state index is 11.0. The van der Waals surface area contributed by atoms with Crippen LogP contribution in [0, 0.1) is 0 Å². The van der Waals surface area contributed by atoms with E-state index >= 15 is 0 Å². The lowest BCUT2D eigenvalue weighted by atomic mass is 10.3. The second-order valence-electron chi connectivity index (χ2n) is 4.22. The number of hydrogen-bond donors (Lipinski definition) is 0. The maximum absolute atomic E-state index is 11.0. The van der Waals surface area contributed by atoms with Crippen molar-refractivity contribution in [3.8, 4) is 0 Å². The Balaban J connectivity index is 2.66. The first kappa shape index (κ1) is 13.1. The minimum Gasteiger partial charge on any atom is -0.367 e. The monoisotopic (exact) mass is 237 g/mol. The van der Waals surface area contributed by atoms with E-state index in [1.54, 1.807) is 6.92 Å². The highest BCUT2D eigenvalue weighted by molar-refractivity contribution is 7.99. The van der Waals surface area contributed by atoms with Crippen LogP contribution in [0.5, 0.6) is 0 Å². The Morgan fingerprint density at radius 2 is 1.88 bits per heavy atom. The van der Waals surface area contributed by atoms with E-state index in [-0.39, 0.29) is 5.78 Å². The van der Waals surface area contributed by atoms with Gasteiger partial charge in [-0.25, -0.2) is 0 Å². The molecule has 16 heavy (non-hydrogen) atoms. The molecule has 0 unspecified atom stereocenters. The van der Waals surface area contributed by atoms with Crippen molar-refractivity contribution in [2.45, 2.75) is 30.9 Å². The highest BCUT2D eigenvalue weighted by atomic mass is 32.2. The number of nitrogens with zero attached hydrogens (tertiary/aromatic N) is 1. The van der Waals surface area contributed by atoms with Crippen molar-refractivity contribution < 1.29 is 4.79 Å². The molecule has 0 amide bonds. The van der Waals surface area contributed by atoms with Gasteiger partial charge in [0, 0.05) is 22.9 Å². The molecular formula is C13H19NOS. The molecule has 0 aromatic heterocycles.